The first-order valence-corrected chi connectivity index (χ1v) is 9.10. The Bertz CT molecular complexity index is 993. The van der Waals surface area contributed by atoms with Crippen LogP contribution in [0.1, 0.15) is 11.1 Å². The highest BCUT2D eigenvalue weighted by molar-refractivity contribution is 7.71. The number of carbonyl (C=O) groups is 1. The Balaban J connectivity index is 1.65. The average Bonchev–Trinajstić information content (AvgIpc) is 3.02. The molecule has 1 aromatic heterocycles. The second-order valence-corrected chi connectivity index (χ2v) is 6.61. The molecule has 0 unspecified atom stereocenters. The lowest BCUT2D eigenvalue weighted by Gasteiger charge is -2.10. The van der Waals surface area contributed by atoms with Gasteiger partial charge in [0, 0.05) is 12.1 Å². The minimum Gasteiger partial charge on any atom is -0.496 e. The molecule has 0 atom stereocenters. The summed E-state index contributed by atoms with van der Waals surface area (Å²) in [4.78, 5) is 12.4. The summed E-state index contributed by atoms with van der Waals surface area (Å²) in [6, 6.07) is 15.7. The average molecular weight is 382 g/mol. The van der Waals surface area contributed by atoms with Crippen molar-refractivity contribution in [3.05, 3.63) is 64.4 Å². The van der Waals surface area contributed by atoms with Crippen molar-refractivity contribution in [1.29, 1.82) is 0 Å². The number of rotatable bonds is 7. The Hall–Kier alpha value is -2.93. The molecule has 0 bridgehead atoms. The zero-order chi connectivity index (χ0) is 19.2. The summed E-state index contributed by atoms with van der Waals surface area (Å²) < 4.78 is 7.47. The topological polar surface area (TPSA) is 71.9 Å². The van der Waals surface area contributed by atoms with Gasteiger partial charge in [0.2, 0.25) is 5.91 Å². The summed E-state index contributed by atoms with van der Waals surface area (Å²) >= 11 is 5.29. The first-order chi connectivity index (χ1) is 13.1. The van der Waals surface area contributed by atoms with Gasteiger partial charge < -0.3 is 10.1 Å². The minimum absolute atomic E-state index is 0.115. The van der Waals surface area contributed by atoms with Crippen molar-refractivity contribution in [2.75, 3.05) is 13.7 Å². The predicted molar refractivity (Wildman–Crippen MR) is 107 cm³/mol. The van der Waals surface area contributed by atoms with Gasteiger partial charge in [-0.25, -0.2) is 0 Å². The third kappa shape index (κ3) is 4.62. The van der Waals surface area contributed by atoms with Gasteiger partial charge in [-0.3, -0.25) is 14.5 Å². The van der Waals surface area contributed by atoms with Crippen LogP contribution in [0.15, 0.2) is 48.5 Å². The third-order valence-corrected chi connectivity index (χ3v) is 4.56. The lowest BCUT2D eigenvalue weighted by atomic mass is 10.1. The second-order valence-electron chi connectivity index (χ2n) is 6.22. The van der Waals surface area contributed by atoms with E-state index in [1.165, 1.54) is 0 Å². The van der Waals surface area contributed by atoms with E-state index in [1.54, 1.807) is 11.7 Å². The minimum atomic E-state index is -0.115. The number of methoxy groups -OCH3 is 1. The van der Waals surface area contributed by atoms with Crippen LogP contribution in [0.5, 0.6) is 5.75 Å². The highest BCUT2D eigenvalue weighted by Gasteiger charge is 2.12. The standard InChI is InChI=1S/C20H22N4O2S/c1-14-6-5-8-16(12-14)19-22-23-20(27)24(19)13-18(25)21-11-10-15-7-3-4-9-17(15)26-2/h3-9,12H,10-11,13H2,1-2H3,(H,21,25)(H,23,27). The maximum absolute atomic E-state index is 12.4. The summed E-state index contributed by atoms with van der Waals surface area (Å²) in [6.45, 7) is 2.65. The number of aromatic amines is 1. The van der Waals surface area contributed by atoms with Crippen molar-refractivity contribution in [2.45, 2.75) is 19.9 Å². The fourth-order valence-corrected chi connectivity index (χ4v) is 3.11. The largest absolute Gasteiger partial charge is 0.496 e. The van der Waals surface area contributed by atoms with E-state index >= 15 is 0 Å². The Morgan fingerprint density at radius 1 is 1.26 bits per heavy atom. The van der Waals surface area contributed by atoms with E-state index in [4.69, 9.17) is 17.0 Å². The summed E-state index contributed by atoms with van der Waals surface area (Å²) in [5.74, 6) is 1.37. The number of aryl methyl sites for hydroxylation is 1. The van der Waals surface area contributed by atoms with Crippen LogP contribution < -0.4 is 10.1 Å². The number of hydrogen-bond donors (Lipinski definition) is 2. The van der Waals surface area contributed by atoms with Gasteiger partial charge >= 0.3 is 0 Å². The number of hydrogen-bond acceptors (Lipinski definition) is 4. The number of carbonyl (C=O) groups excluding carboxylic acids is 1. The number of nitrogens with zero attached hydrogens (tertiary/aromatic N) is 2. The molecular weight excluding hydrogens is 360 g/mol. The number of ether oxygens (including phenoxy) is 1. The van der Waals surface area contributed by atoms with E-state index in [9.17, 15) is 4.79 Å². The third-order valence-electron chi connectivity index (χ3n) is 4.25. The molecule has 3 rings (SSSR count). The second kappa shape index (κ2) is 8.64. The SMILES string of the molecule is COc1ccccc1CCNC(=O)Cn1c(-c2cccc(C)c2)n[nH]c1=S. The van der Waals surface area contributed by atoms with Crippen LogP contribution in [-0.2, 0) is 17.8 Å². The van der Waals surface area contributed by atoms with Crippen LogP contribution in [0.4, 0.5) is 0 Å². The molecule has 0 aliphatic heterocycles. The van der Waals surface area contributed by atoms with E-state index in [0.717, 1.165) is 22.4 Å². The van der Waals surface area contributed by atoms with E-state index in [-0.39, 0.29) is 12.5 Å². The number of nitrogens with one attached hydrogen (secondary N) is 2. The van der Waals surface area contributed by atoms with Gasteiger partial charge in [0.05, 0.1) is 7.11 Å². The number of aromatic nitrogens is 3. The van der Waals surface area contributed by atoms with Gasteiger partial charge in [-0.2, -0.15) is 5.10 Å². The van der Waals surface area contributed by atoms with E-state index in [2.05, 4.69) is 15.5 Å². The predicted octanol–water partition coefficient (Wildman–Crippen LogP) is 3.28. The number of H-pyrrole nitrogens is 1. The van der Waals surface area contributed by atoms with Crippen molar-refractivity contribution in [3.63, 3.8) is 0 Å². The first-order valence-electron chi connectivity index (χ1n) is 8.69. The van der Waals surface area contributed by atoms with E-state index in [0.29, 0.717) is 23.6 Å². The van der Waals surface area contributed by atoms with Crippen molar-refractivity contribution in [2.24, 2.45) is 0 Å². The Morgan fingerprint density at radius 3 is 2.85 bits per heavy atom. The van der Waals surface area contributed by atoms with Crippen LogP contribution in [0, 0.1) is 11.7 Å². The van der Waals surface area contributed by atoms with E-state index < -0.39 is 0 Å². The van der Waals surface area contributed by atoms with Crippen molar-refractivity contribution in [1.82, 2.24) is 20.1 Å². The highest BCUT2D eigenvalue weighted by Crippen LogP contribution is 2.19. The fraction of sp³-hybridized carbons (Fsp3) is 0.250. The van der Waals surface area contributed by atoms with Gasteiger partial charge in [0.1, 0.15) is 12.3 Å². The molecule has 140 valence electrons. The van der Waals surface area contributed by atoms with Gasteiger partial charge in [0.15, 0.2) is 10.6 Å². The molecule has 0 fully saturated rings. The Labute approximate surface area is 163 Å². The molecule has 1 amide bonds. The lowest BCUT2D eigenvalue weighted by Crippen LogP contribution is -2.29. The maximum Gasteiger partial charge on any atom is 0.240 e. The maximum atomic E-state index is 12.4. The Morgan fingerprint density at radius 2 is 2.07 bits per heavy atom. The lowest BCUT2D eigenvalue weighted by molar-refractivity contribution is -0.121. The molecular formula is C20H22N4O2S. The summed E-state index contributed by atoms with van der Waals surface area (Å²) in [5, 5.41) is 9.99. The first kappa shape index (κ1) is 18.8. The Kier molecular flexibility index (Phi) is 6.03. The molecule has 7 heteroatoms. The summed E-state index contributed by atoms with van der Waals surface area (Å²) in [6.07, 6.45) is 0.692. The molecule has 3 aromatic rings. The van der Waals surface area contributed by atoms with Crippen molar-refractivity contribution < 1.29 is 9.53 Å². The van der Waals surface area contributed by atoms with Crippen molar-refractivity contribution >= 4 is 18.1 Å². The summed E-state index contributed by atoms with van der Waals surface area (Å²) in [7, 11) is 1.64. The molecule has 2 N–H and O–H groups in total. The monoisotopic (exact) mass is 382 g/mol. The quantitative estimate of drug-likeness (QED) is 0.615. The fourth-order valence-electron chi connectivity index (χ4n) is 2.91. The number of amides is 1. The number of para-hydroxylation sites is 1. The highest BCUT2D eigenvalue weighted by atomic mass is 32.1. The normalized spacial score (nSPS) is 10.6. The van der Waals surface area contributed by atoms with Gasteiger partial charge in [0.25, 0.3) is 0 Å². The number of benzene rings is 2. The van der Waals surface area contributed by atoms with Crippen LogP contribution in [-0.4, -0.2) is 34.3 Å². The van der Waals surface area contributed by atoms with Crippen LogP contribution in [0.3, 0.4) is 0 Å². The molecule has 2 aromatic carbocycles. The molecule has 0 radical (unpaired) electrons. The van der Waals surface area contributed by atoms with Gasteiger partial charge in [-0.05, 0) is 43.3 Å². The van der Waals surface area contributed by atoms with Crippen LogP contribution in [0.2, 0.25) is 0 Å². The van der Waals surface area contributed by atoms with Gasteiger partial charge in [-0.15, -0.1) is 0 Å². The van der Waals surface area contributed by atoms with E-state index in [1.807, 2.05) is 55.5 Å². The molecule has 0 saturated heterocycles. The molecule has 0 aliphatic rings. The molecule has 1 heterocycles. The smallest absolute Gasteiger partial charge is 0.240 e. The van der Waals surface area contributed by atoms with Crippen LogP contribution >= 0.6 is 12.2 Å². The molecule has 0 spiro atoms. The van der Waals surface area contributed by atoms with Crippen LogP contribution in [0.25, 0.3) is 11.4 Å². The molecule has 0 aliphatic carbocycles. The van der Waals surface area contributed by atoms with Crippen molar-refractivity contribution in [3.8, 4) is 17.1 Å². The summed E-state index contributed by atoms with van der Waals surface area (Å²) in [5.41, 5.74) is 3.10. The zero-order valence-electron chi connectivity index (χ0n) is 15.4. The zero-order valence-corrected chi connectivity index (χ0v) is 16.2. The molecule has 0 saturated carbocycles. The molecule has 27 heavy (non-hydrogen) atoms. The van der Waals surface area contributed by atoms with Gasteiger partial charge in [-0.1, -0.05) is 42.0 Å². The molecule has 6 nitrogen and oxygen atoms in total.